The SMILES string of the molecule is CCn1c(=O)n(CC)c2c([N+](=O)[O-])c(NCc3cccnc3)c([N+](=O)[O-])cc21. The van der Waals surface area contributed by atoms with E-state index in [1.807, 2.05) is 0 Å². The molecule has 1 aromatic carbocycles. The lowest BCUT2D eigenvalue weighted by Gasteiger charge is -2.10. The van der Waals surface area contributed by atoms with Gasteiger partial charge in [0.05, 0.1) is 15.4 Å². The molecule has 0 aliphatic carbocycles. The maximum absolute atomic E-state index is 12.6. The van der Waals surface area contributed by atoms with Crippen LogP contribution in [-0.2, 0) is 19.6 Å². The minimum atomic E-state index is -0.689. The van der Waals surface area contributed by atoms with Gasteiger partial charge in [-0.15, -0.1) is 0 Å². The summed E-state index contributed by atoms with van der Waals surface area (Å²) in [5.74, 6) is 0. The van der Waals surface area contributed by atoms with E-state index in [1.165, 1.54) is 15.2 Å². The Morgan fingerprint density at radius 1 is 1.14 bits per heavy atom. The summed E-state index contributed by atoms with van der Waals surface area (Å²) in [6, 6.07) is 4.65. The molecule has 0 fully saturated rings. The smallest absolute Gasteiger partial charge is 0.329 e. The van der Waals surface area contributed by atoms with Crippen LogP contribution in [0.3, 0.4) is 0 Å². The lowest BCUT2D eigenvalue weighted by Crippen LogP contribution is -2.23. The number of nitro groups is 2. The third-order valence-corrected chi connectivity index (χ3v) is 4.46. The van der Waals surface area contributed by atoms with Crippen LogP contribution in [0.5, 0.6) is 0 Å². The van der Waals surface area contributed by atoms with Gasteiger partial charge in [0, 0.05) is 38.1 Å². The second-order valence-electron chi connectivity index (χ2n) is 5.99. The fraction of sp³-hybridized carbons (Fsp3) is 0.294. The van der Waals surface area contributed by atoms with Gasteiger partial charge >= 0.3 is 17.1 Å². The molecular weight excluding hydrogens is 368 g/mol. The lowest BCUT2D eigenvalue weighted by atomic mass is 10.1. The molecule has 0 aliphatic heterocycles. The number of hydrogen-bond acceptors (Lipinski definition) is 7. The van der Waals surface area contributed by atoms with Crippen LogP contribution in [0.4, 0.5) is 17.1 Å². The largest absolute Gasteiger partial charge is 0.370 e. The number of hydrogen-bond donors (Lipinski definition) is 1. The second kappa shape index (κ2) is 7.47. The van der Waals surface area contributed by atoms with Crippen molar-refractivity contribution in [3.63, 3.8) is 0 Å². The van der Waals surface area contributed by atoms with Gasteiger partial charge in [0.15, 0.2) is 11.2 Å². The number of aryl methyl sites for hydroxylation is 2. The molecule has 0 bridgehead atoms. The first-order valence-electron chi connectivity index (χ1n) is 8.62. The molecule has 3 rings (SSSR count). The Kier molecular flexibility index (Phi) is 5.07. The molecule has 0 radical (unpaired) electrons. The van der Waals surface area contributed by atoms with Gasteiger partial charge in [-0.2, -0.15) is 0 Å². The first kappa shape index (κ1) is 19.0. The molecular formula is C17H18N6O5. The topological polar surface area (TPSA) is 138 Å². The van der Waals surface area contributed by atoms with Gasteiger partial charge < -0.3 is 5.32 Å². The number of anilines is 1. The van der Waals surface area contributed by atoms with E-state index in [2.05, 4.69) is 10.3 Å². The van der Waals surface area contributed by atoms with Crippen LogP contribution in [-0.4, -0.2) is 24.0 Å². The summed E-state index contributed by atoms with van der Waals surface area (Å²) >= 11 is 0. The highest BCUT2D eigenvalue weighted by molar-refractivity contribution is 5.97. The highest BCUT2D eigenvalue weighted by Crippen LogP contribution is 2.41. The number of aromatic nitrogens is 3. The van der Waals surface area contributed by atoms with Gasteiger partial charge in [-0.3, -0.25) is 34.3 Å². The van der Waals surface area contributed by atoms with Crippen molar-refractivity contribution in [3.8, 4) is 0 Å². The summed E-state index contributed by atoms with van der Waals surface area (Å²) in [6.45, 7) is 3.93. The zero-order chi connectivity index (χ0) is 20.4. The number of fused-ring (bicyclic) bond motifs is 1. The molecule has 28 heavy (non-hydrogen) atoms. The van der Waals surface area contributed by atoms with Crippen molar-refractivity contribution in [1.82, 2.24) is 14.1 Å². The van der Waals surface area contributed by atoms with E-state index in [0.717, 1.165) is 0 Å². The average Bonchev–Trinajstić information content (AvgIpc) is 2.95. The van der Waals surface area contributed by atoms with E-state index in [9.17, 15) is 25.0 Å². The Hall–Kier alpha value is -3.76. The fourth-order valence-electron chi connectivity index (χ4n) is 3.24. The number of nitrogens with one attached hydrogen (secondary N) is 1. The van der Waals surface area contributed by atoms with Gasteiger partial charge in [-0.1, -0.05) is 6.07 Å². The molecule has 2 aromatic heterocycles. The zero-order valence-corrected chi connectivity index (χ0v) is 15.3. The van der Waals surface area contributed by atoms with Crippen LogP contribution in [0.2, 0.25) is 0 Å². The molecule has 0 saturated heterocycles. The van der Waals surface area contributed by atoms with E-state index in [1.54, 1.807) is 38.4 Å². The van der Waals surface area contributed by atoms with Crippen LogP contribution in [0.15, 0.2) is 35.4 Å². The number of benzene rings is 1. The Morgan fingerprint density at radius 3 is 2.39 bits per heavy atom. The summed E-state index contributed by atoms with van der Waals surface area (Å²) in [5.41, 5.74) is -0.690. The molecule has 0 saturated carbocycles. The first-order chi connectivity index (χ1) is 13.4. The maximum Gasteiger partial charge on any atom is 0.329 e. The minimum Gasteiger partial charge on any atom is -0.370 e. The first-order valence-corrected chi connectivity index (χ1v) is 8.62. The highest BCUT2D eigenvalue weighted by Gasteiger charge is 2.33. The third-order valence-electron chi connectivity index (χ3n) is 4.46. The molecule has 11 heteroatoms. The third kappa shape index (κ3) is 3.06. The van der Waals surface area contributed by atoms with Crippen molar-refractivity contribution in [3.05, 3.63) is 66.9 Å². The monoisotopic (exact) mass is 386 g/mol. The number of pyridine rings is 1. The zero-order valence-electron chi connectivity index (χ0n) is 15.3. The van der Waals surface area contributed by atoms with Crippen molar-refractivity contribution in [1.29, 1.82) is 0 Å². The van der Waals surface area contributed by atoms with Crippen LogP contribution in [0, 0.1) is 20.2 Å². The van der Waals surface area contributed by atoms with E-state index in [4.69, 9.17) is 0 Å². The predicted molar refractivity (Wildman–Crippen MR) is 102 cm³/mol. The van der Waals surface area contributed by atoms with E-state index in [0.29, 0.717) is 5.56 Å². The van der Waals surface area contributed by atoms with Gasteiger partial charge in [0.2, 0.25) is 0 Å². The van der Waals surface area contributed by atoms with E-state index in [-0.39, 0.29) is 36.4 Å². The molecule has 11 nitrogen and oxygen atoms in total. The van der Waals surface area contributed by atoms with Crippen molar-refractivity contribution < 1.29 is 9.85 Å². The molecule has 3 aromatic rings. The molecule has 1 N–H and O–H groups in total. The van der Waals surface area contributed by atoms with Crippen molar-refractivity contribution in [2.45, 2.75) is 33.5 Å². The van der Waals surface area contributed by atoms with E-state index >= 15 is 0 Å². The van der Waals surface area contributed by atoms with Crippen molar-refractivity contribution in [2.24, 2.45) is 0 Å². The minimum absolute atomic E-state index is 0.0682. The molecule has 0 spiro atoms. The van der Waals surface area contributed by atoms with Gasteiger partial charge in [-0.25, -0.2) is 4.79 Å². The Bertz CT molecular complexity index is 1120. The van der Waals surface area contributed by atoms with Crippen LogP contribution in [0.1, 0.15) is 19.4 Å². The lowest BCUT2D eigenvalue weighted by molar-refractivity contribution is -0.391. The summed E-state index contributed by atoms with van der Waals surface area (Å²) in [4.78, 5) is 38.7. The van der Waals surface area contributed by atoms with Crippen LogP contribution < -0.4 is 11.0 Å². The number of rotatable bonds is 7. The van der Waals surface area contributed by atoms with Crippen molar-refractivity contribution in [2.75, 3.05) is 5.32 Å². The van der Waals surface area contributed by atoms with Crippen molar-refractivity contribution >= 4 is 28.1 Å². The fourth-order valence-corrected chi connectivity index (χ4v) is 3.24. The van der Waals surface area contributed by atoms with Gasteiger partial charge in [-0.05, 0) is 25.5 Å². The summed E-state index contributed by atoms with van der Waals surface area (Å²) in [6.07, 6.45) is 3.13. The Balaban J connectivity index is 2.33. The summed E-state index contributed by atoms with van der Waals surface area (Å²) in [7, 11) is 0. The normalized spacial score (nSPS) is 10.9. The molecule has 2 heterocycles. The standard InChI is InChI=1S/C17H18N6O5/c1-3-20-13-8-12(22(25)26)14(19-10-11-6-5-7-18-9-11)16(23(27)28)15(13)21(4-2)17(20)24/h5-9,19H,3-4,10H2,1-2H3. The summed E-state index contributed by atoms with van der Waals surface area (Å²) < 4.78 is 2.56. The van der Waals surface area contributed by atoms with Crippen LogP contribution in [0.25, 0.3) is 11.0 Å². The molecule has 0 unspecified atom stereocenters. The average molecular weight is 386 g/mol. The predicted octanol–water partition coefficient (Wildman–Crippen LogP) is 2.67. The van der Waals surface area contributed by atoms with Gasteiger partial charge in [0.25, 0.3) is 0 Å². The van der Waals surface area contributed by atoms with Gasteiger partial charge in [0.1, 0.15) is 0 Å². The van der Waals surface area contributed by atoms with E-state index < -0.39 is 26.9 Å². The Labute approximate surface area is 158 Å². The van der Waals surface area contributed by atoms with Crippen LogP contribution >= 0.6 is 0 Å². The molecule has 146 valence electrons. The summed E-state index contributed by atoms with van der Waals surface area (Å²) in [5, 5.41) is 26.4. The number of imidazole rings is 1. The number of nitrogens with zero attached hydrogens (tertiary/aromatic N) is 5. The number of nitro benzene ring substituents is 2. The quantitative estimate of drug-likeness (QED) is 0.486. The molecule has 0 atom stereocenters. The molecule has 0 aliphatic rings. The molecule has 0 amide bonds. The Morgan fingerprint density at radius 2 is 1.86 bits per heavy atom. The second-order valence-corrected chi connectivity index (χ2v) is 5.99. The highest BCUT2D eigenvalue weighted by atomic mass is 16.6. The maximum atomic E-state index is 12.6.